The van der Waals surface area contributed by atoms with E-state index in [0.717, 1.165) is 0 Å². The van der Waals surface area contributed by atoms with Gasteiger partial charge in [-0.15, -0.1) is 0 Å². The number of aromatic nitrogens is 2. The highest BCUT2D eigenvalue weighted by Gasteiger charge is 2.17. The van der Waals surface area contributed by atoms with E-state index in [9.17, 15) is 9.18 Å². The van der Waals surface area contributed by atoms with Gasteiger partial charge in [-0.1, -0.05) is 0 Å². The number of primary amides is 1. The molecule has 4 nitrogen and oxygen atoms in total. The van der Waals surface area contributed by atoms with Gasteiger partial charge in [0.2, 0.25) is 0 Å². The molecule has 1 aromatic heterocycles. The average molecular weight is 171 g/mol. The summed E-state index contributed by atoms with van der Waals surface area (Å²) in [4.78, 5) is 10.7. The molecule has 1 rings (SSSR count). The Labute approximate surface area is 69.2 Å². The zero-order valence-electron chi connectivity index (χ0n) is 6.91. The molecule has 0 saturated carbocycles. The van der Waals surface area contributed by atoms with Crippen molar-refractivity contribution in [1.82, 2.24) is 9.78 Å². The van der Waals surface area contributed by atoms with E-state index in [0.29, 0.717) is 0 Å². The minimum absolute atomic E-state index is 0.146. The fourth-order valence-electron chi connectivity index (χ4n) is 1.11. The molecule has 0 aliphatic rings. The third kappa shape index (κ3) is 1.30. The first-order valence-electron chi connectivity index (χ1n) is 3.49. The van der Waals surface area contributed by atoms with Gasteiger partial charge in [-0.25, -0.2) is 4.39 Å². The Morgan fingerprint density at radius 1 is 1.83 bits per heavy atom. The number of carbonyl (C=O) groups excluding carboxylic acids is 1. The van der Waals surface area contributed by atoms with Gasteiger partial charge in [0.05, 0.1) is 17.5 Å². The highest BCUT2D eigenvalue weighted by atomic mass is 19.1. The van der Waals surface area contributed by atoms with E-state index < -0.39 is 12.1 Å². The Morgan fingerprint density at radius 3 is 2.75 bits per heavy atom. The molecule has 2 N–H and O–H groups in total. The van der Waals surface area contributed by atoms with Crippen LogP contribution in [0.3, 0.4) is 0 Å². The predicted molar refractivity (Wildman–Crippen MR) is 41.2 cm³/mol. The number of nitrogens with two attached hydrogens (primary N) is 1. The molecule has 0 saturated heterocycles. The number of amides is 1. The molecular formula is C7H10FN3O. The zero-order chi connectivity index (χ0) is 9.30. The van der Waals surface area contributed by atoms with Crippen LogP contribution in [0.1, 0.15) is 29.1 Å². The monoisotopic (exact) mass is 171 g/mol. The van der Waals surface area contributed by atoms with Gasteiger partial charge in [0.15, 0.2) is 0 Å². The van der Waals surface area contributed by atoms with E-state index in [1.54, 1.807) is 7.05 Å². The second-order valence-corrected chi connectivity index (χ2v) is 2.55. The van der Waals surface area contributed by atoms with Gasteiger partial charge >= 0.3 is 0 Å². The van der Waals surface area contributed by atoms with Crippen LogP contribution in [0.2, 0.25) is 0 Å². The van der Waals surface area contributed by atoms with E-state index in [-0.39, 0.29) is 11.3 Å². The van der Waals surface area contributed by atoms with Gasteiger partial charge in [-0.2, -0.15) is 5.10 Å². The topological polar surface area (TPSA) is 60.9 Å². The highest BCUT2D eigenvalue weighted by Crippen LogP contribution is 2.19. The lowest BCUT2D eigenvalue weighted by Gasteiger charge is -2.03. The molecule has 0 spiro atoms. The van der Waals surface area contributed by atoms with Crippen LogP contribution in [0.4, 0.5) is 4.39 Å². The minimum atomic E-state index is -1.24. The van der Waals surface area contributed by atoms with Crippen LogP contribution in [-0.4, -0.2) is 15.7 Å². The molecular weight excluding hydrogens is 161 g/mol. The Hall–Kier alpha value is -1.39. The van der Waals surface area contributed by atoms with Gasteiger partial charge in [0, 0.05) is 7.05 Å². The van der Waals surface area contributed by atoms with E-state index in [2.05, 4.69) is 5.10 Å². The molecule has 0 aliphatic carbocycles. The number of carbonyl (C=O) groups is 1. The predicted octanol–water partition coefficient (Wildman–Crippen LogP) is 0.550. The lowest BCUT2D eigenvalue weighted by atomic mass is 10.2. The van der Waals surface area contributed by atoms with Crippen LogP contribution >= 0.6 is 0 Å². The molecule has 0 fully saturated rings. The first kappa shape index (κ1) is 8.70. The van der Waals surface area contributed by atoms with Crippen LogP contribution in [0.5, 0.6) is 0 Å². The van der Waals surface area contributed by atoms with Gasteiger partial charge in [-0.05, 0) is 6.92 Å². The summed E-state index contributed by atoms with van der Waals surface area (Å²) in [5, 5.41) is 3.73. The largest absolute Gasteiger partial charge is 0.365 e. The van der Waals surface area contributed by atoms with Crippen LogP contribution in [0.25, 0.3) is 0 Å². The van der Waals surface area contributed by atoms with E-state index >= 15 is 0 Å². The van der Waals surface area contributed by atoms with E-state index in [4.69, 9.17) is 5.73 Å². The second-order valence-electron chi connectivity index (χ2n) is 2.55. The van der Waals surface area contributed by atoms with Crippen molar-refractivity contribution in [3.05, 3.63) is 17.5 Å². The first-order valence-corrected chi connectivity index (χ1v) is 3.49. The minimum Gasteiger partial charge on any atom is -0.365 e. The number of rotatable bonds is 2. The van der Waals surface area contributed by atoms with Crippen molar-refractivity contribution in [2.75, 3.05) is 0 Å². The molecule has 1 aromatic rings. The average Bonchev–Trinajstić information content (AvgIpc) is 2.30. The summed E-state index contributed by atoms with van der Waals surface area (Å²) in [6, 6.07) is 0. The van der Waals surface area contributed by atoms with Crippen LogP contribution in [-0.2, 0) is 7.05 Å². The third-order valence-electron chi connectivity index (χ3n) is 1.63. The second kappa shape index (κ2) is 2.92. The van der Waals surface area contributed by atoms with Crippen LogP contribution in [0.15, 0.2) is 6.20 Å². The highest BCUT2D eigenvalue weighted by molar-refractivity contribution is 5.93. The number of alkyl halides is 1. The van der Waals surface area contributed by atoms with Crippen molar-refractivity contribution in [3.8, 4) is 0 Å². The SMILES string of the molecule is CC(F)c1c(C(N)=O)cnn1C. The number of hydrogen-bond acceptors (Lipinski definition) is 2. The van der Waals surface area contributed by atoms with Gasteiger partial charge < -0.3 is 5.73 Å². The lowest BCUT2D eigenvalue weighted by molar-refractivity contribution is 0.0997. The number of halogens is 1. The summed E-state index contributed by atoms with van der Waals surface area (Å²) in [5.74, 6) is -0.650. The first-order chi connectivity index (χ1) is 5.54. The van der Waals surface area contributed by atoms with Gasteiger partial charge in [0.1, 0.15) is 6.17 Å². The van der Waals surface area contributed by atoms with Gasteiger partial charge in [-0.3, -0.25) is 9.48 Å². The molecule has 1 heterocycles. The summed E-state index contributed by atoms with van der Waals surface area (Å²) in [7, 11) is 1.57. The summed E-state index contributed by atoms with van der Waals surface area (Å²) < 4.78 is 14.2. The summed E-state index contributed by atoms with van der Waals surface area (Å²) >= 11 is 0. The number of hydrogen-bond donors (Lipinski definition) is 1. The van der Waals surface area contributed by atoms with Crippen molar-refractivity contribution in [1.29, 1.82) is 0 Å². The fraction of sp³-hybridized carbons (Fsp3) is 0.429. The summed E-state index contributed by atoms with van der Waals surface area (Å²) in [5.41, 5.74) is 5.38. The summed E-state index contributed by atoms with van der Waals surface area (Å²) in [6.45, 7) is 1.34. The molecule has 0 aliphatic heterocycles. The molecule has 5 heteroatoms. The molecule has 0 aromatic carbocycles. The molecule has 1 amide bonds. The van der Waals surface area contributed by atoms with Crippen LogP contribution in [0, 0.1) is 0 Å². The van der Waals surface area contributed by atoms with Crippen molar-refractivity contribution < 1.29 is 9.18 Å². The van der Waals surface area contributed by atoms with Crippen molar-refractivity contribution >= 4 is 5.91 Å². The molecule has 12 heavy (non-hydrogen) atoms. The Kier molecular flexibility index (Phi) is 2.12. The number of aryl methyl sites for hydroxylation is 1. The van der Waals surface area contributed by atoms with E-state index in [1.807, 2.05) is 0 Å². The Bertz CT molecular complexity index is 306. The normalized spacial score (nSPS) is 12.9. The lowest BCUT2D eigenvalue weighted by Crippen LogP contribution is -2.14. The number of nitrogens with zero attached hydrogens (tertiary/aromatic N) is 2. The zero-order valence-corrected chi connectivity index (χ0v) is 6.91. The maximum atomic E-state index is 12.9. The standard InChI is InChI=1S/C7H10FN3O/c1-4(8)6-5(7(9)12)3-10-11(6)2/h3-4H,1-2H3,(H2,9,12). The molecule has 0 bridgehead atoms. The maximum absolute atomic E-state index is 12.9. The van der Waals surface area contributed by atoms with Crippen molar-refractivity contribution in [3.63, 3.8) is 0 Å². The van der Waals surface area contributed by atoms with Gasteiger partial charge in [0.25, 0.3) is 5.91 Å². The van der Waals surface area contributed by atoms with Crippen LogP contribution < -0.4 is 5.73 Å². The fourth-order valence-corrected chi connectivity index (χ4v) is 1.11. The Balaban J connectivity index is 3.21. The van der Waals surface area contributed by atoms with Crippen molar-refractivity contribution in [2.45, 2.75) is 13.1 Å². The smallest absolute Gasteiger partial charge is 0.252 e. The van der Waals surface area contributed by atoms with E-state index in [1.165, 1.54) is 17.8 Å². The summed E-state index contributed by atoms with van der Waals surface area (Å²) in [6.07, 6.45) is 0.0355. The molecule has 1 atom stereocenters. The molecule has 1 unspecified atom stereocenters. The third-order valence-corrected chi connectivity index (χ3v) is 1.63. The maximum Gasteiger partial charge on any atom is 0.252 e. The molecule has 0 radical (unpaired) electrons. The Morgan fingerprint density at radius 2 is 2.42 bits per heavy atom. The molecule has 66 valence electrons. The quantitative estimate of drug-likeness (QED) is 0.706. The van der Waals surface area contributed by atoms with Crippen molar-refractivity contribution in [2.24, 2.45) is 12.8 Å².